The number of anilines is 1. The summed E-state index contributed by atoms with van der Waals surface area (Å²) in [6, 6.07) is 2.03. The van der Waals surface area contributed by atoms with Crippen LogP contribution in [0.1, 0.15) is 12.8 Å². The summed E-state index contributed by atoms with van der Waals surface area (Å²) in [5.74, 6) is 1.02. The number of rotatable bonds is 4. The molecule has 2 aromatic rings. The maximum atomic E-state index is 5.61. The van der Waals surface area contributed by atoms with E-state index in [1.54, 1.807) is 0 Å². The first-order valence-corrected chi connectivity index (χ1v) is 7.73. The van der Waals surface area contributed by atoms with Crippen LogP contribution in [0.2, 0.25) is 0 Å². The highest BCUT2D eigenvalue weighted by molar-refractivity contribution is 5.86. The normalized spacial score (nSPS) is 17.3. The Balaban J connectivity index is 1.77. The van der Waals surface area contributed by atoms with Gasteiger partial charge in [0.25, 0.3) is 0 Å². The van der Waals surface area contributed by atoms with E-state index in [-0.39, 0.29) is 0 Å². The van der Waals surface area contributed by atoms with E-state index in [0.29, 0.717) is 0 Å². The Bertz CT molecular complexity index is 593. The molecule has 0 bridgehead atoms. The molecule has 3 rings (SSSR count). The van der Waals surface area contributed by atoms with Crippen LogP contribution in [-0.4, -0.2) is 58.7 Å². The molecule has 0 aliphatic carbocycles. The molecule has 0 amide bonds. The third-order valence-corrected chi connectivity index (χ3v) is 4.19. The molecule has 114 valence electrons. The van der Waals surface area contributed by atoms with E-state index in [4.69, 9.17) is 5.73 Å². The Labute approximate surface area is 125 Å². The van der Waals surface area contributed by atoms with E-state index in [1.165, 1.54) is 0 Å². The average Bonchev–Trinajstić information content (AvgIpc) is 2.74. The molecule has 1 aliphatic rings. The summed E-state index contributed by atoms with van der Waals surface area (Å²) in [5.41, 5.74) is 7.76. The lowest BCUT2D eigenvalue weighted by Crippen LogP contribution is -2.32. The average molecular weight is 288 g/mol. The van der Waals surface area contributed by atoms with Gasteiger partial charge in [0.2, 0.25) is 0 Å². The smallest absolute Gasteiger partial charge is 0.156 e. The Kier molecular flexibility index (Phi) is 4.36. The molecule has 1 saturated heterocycles. The first-order chi connectivity index (χ1) is 10.3. The minimum atomic E-state index is 0.773. The van der Waals surface area contributed by atoms with Crippen molar-refractivity contribution < 1.29 is 0 Å². The van der Waals surface area contributed by atoms with E-state index in [2.05, 4.69) is 19.8 Å². The second-order valence-electron chi connectivity index (χ2n) is 5.68. The largest absolute Gasteiger partial charge is 0.353 e. The van der Waals surface area contributed by atoms with Crippen LogP contribution in [0.5, 0.6) is 0 Å². The van der Waals surface area contributed by atoms with Crippen LogP contribution < -0.4 is 10.6 Å². The van der Waals surface area contributed by atoms with E-state index in [9.17, 15) is 0 Å². The second kappa shape index (κ2) is 6.41. The summed E-state index contributed by atoms with van der Waals surface area (Å²) in [4.78, 5) is 14.0. The quantitative estimate of drug-likeness (QED) is 0.903. The van der Waals surface area contributed by atoms with Crippen LogP contribution in [0.4, 0.5) is 5.82 Å². The molecule has 0 atom stereocenters. The Morgan fingerprint density at radius 3 is 2.95 bits per heavy atom. The molecule has 1 aliphatic heterocycles. The zero-order valence-electron chi connectivity index (χ0n) is 12.7. The maximum Gasteiger partial charge on any atom is 0.156 e. The number of aromatic nitrogens is 3. The molecular formula is C15H24N6. The van der Waals surface area contributed by atoms with Crippen molar-refractivity contribution >= 4 is 16.9 Å². The fourth-order valence-corrected chi connectivity index (χ4v) is 3.00. The molecule has 0 saturated carbocycles. The van der Waals surface area contributed by atoms with Gasteiger partial charge in [0.05, 0.1) is 11.8 Å². The van der Waals surface area contributed by atoms with Gasteiger partial charge in [-0.2, -0.15) is 0 Å². The third kappa shape index (κ3) is 3.01. The van der Waals surface area contributed by atoms with Crippen molar-refractivity contribution in [2.24, 2.45) is 12.8 Å². The second-order valence-corrected chi connectivity index (χ2v) is 5.68. The van der Waals surface area contributed by atoms with Crippen LogP contribution in [0.3, 0.4) is 0 Å². The molecular weight excluding hydrogens is 264 g/mol. The highest BCUT2D eigenvalue weighted by Crippen LogP contribution is 2.23. The van der Waals surface area contributed by atoms with Gasteiger partial charge in [-0.05, 0) is 38.5 Å². The summed E-state index contributed by atoms with van der Waals surface area (Å²) in [7, 11) is 2.02. The molecule has 2 N–H and O–H groups in total. The molecule has 0 unspecified atom stereocenters. The lowest BCUT2D eigenvalue weighted by atomic mass is 10.3. The summed E-state index contributed by atoms with van der Waals surface area (Å²) < 4.78 is 2.05. The zero-order chi connectivity index (χ0) is 14.7. The minimum absolute atomic E-state index is 0.773. The zero-order valence-corrected chi connectivity index (χ0v) is 12.7. The number of hydrogen-bond donors (Lipinski definition) is 1. The van der Waals surface area contributed by atoms with Gasteiger partial charge in [-0.25, -0.2) is 9.97 Å². The van der Waals surface area contributed by atoms with Crippen molar-refractivity contribution in [1.82, 2.24) is 19.4 Å². The van der Waals surface area contributed by atoms with Gasteiger partial charge in [-0.3, -0.25) is 0 Å². The van der Waals surface area contributed by atoms with Gasteiger partial charge in [0, 0.05) is 32.9 Å². The van der Waals surface area contributed by atoms with Crippen molar-refractivity contribution in [2.75, 3.05) is 44.2 Å². The number of fused-ring (bicyclic) bond motifs is 1. The van der Waals surface area contributed by atoms with Gasteiger partial charge < -0.3 is 20.1 Å². The van der Waals surface area contributed by atoms with Crippen molar-refractivity contribution in [3.8, 4) is 0 Å². The number of aryl methyl sites for hydroxylation is 1. The standard InChI is InChI=1S/C15H24N6/c1-19-12-18-14-13(19)4-6-17-15(14)21-9-3-8-20(10-11-21)7-2-5-16/h4,6,12H,2-3,5,7-11,16H2,1H3. The first kappa shape index (κ1) is 14.3. The Morgan fingerprint density at radius 1 is 1.19 bits per heavy atom. The van der Waals surface area contributed by atoms with Gasteiger partial charge in [0.15, 0.2) is 5.82 Å². The van der Waals surface area contributed by atoms with E-state index in [0.717, 1.165) is 69.0 Å². The van der Waals surface area contributed by atoms with Gasteiger partial charge in [0.1, 0.15) is 5.52 Å². The SMILES string of the molecule is Cn1cnc2c(N3CCCN(CCCN)CC3)nccc21. The van der Waals surface area contributed by atoms with Crippen molar-refractivity contribution in [3.05, 3.63) is 18.6 Å². The number of imidazole rings is 1. The maximum absolute atomic E-state index is 5.61. The number of hydrogen-bond acceptors (Lipinski definition) is 5. The summed E-state index contributed by atoms with van der Waals surface area (Å²) in [6.07, 6.45) is 5.99. The van der Waals surface area contributed by atoms with Gasteiger partial charge in [-0.15, -0.1) is 0 Å². The van der Waals surface area contributed by atoms with Crippen LogP contribution >= 0.6 is 0 Å². The van der Waals surface area contributed by atoms with Crippen LogP contribution in [0.25, 0.3) is 11.0 Å². The third-order valence-electron chi connectivity index (χ3n) is 4.19. The Morgan fingerprint density at radius 2 is 2.10 bits per heavy atom. The first-order valence-electron chi connectivity index (χ1n) is 7.73. The number of pyridine rings is 1. The van der Waals surface area contributed by atoms with E-state index >= 15 is 0 Å². The number of nitrogens with zero attached hydrogens (tertiary/aromatic N) is 5. The van der Waals surface area contributed by atoms with Crippen molar-refractivity contribution in [3.63, 3.8) is 0 Å². The van der Waals surface area contributed by atoms with Gasteiger partial charge in [-0.1, -0.05) is 0 Å². The minimum Gasteiger partial charge on any atom is -0.353 e. The number of nitrogens with two attached hydrogens (primary N) is 1. The molecule has 0 radical (unpaired) electrons. The Hall–Kier alpha value is -1.66. The molecule has 0 aromatic carbocycles. The lowest BCUT2D eigenvalue weighted by molar-refractivity contribution is 0.291. The van der Waals surface area contributed by atoms with Crippen LogP contribution in [0.15, 0.2) is 18.6 Å². The summed E-state index contributed by atoms with van der Waals surface area (Å²) in [6.45, 7) is 6.15. The highest BCUT2D eigenvalue weighted by atomic mass is 15.3. The van der Waals surface area contributed by atoms with E-state index < -0.39 is 0 Å². The summed E-state index contributed by atoms with van der Waals surface area (Å²) in [5, 5.41) is 0. The topological polar surface area (TPSA) is 63.2 Å². The van der Waals surface area contributed by atoms with Gasteiger partial charge >= 0.3 is 0 Å². The predicted octanol–water partition coefficient (Wildman–Crippen LogP) is 0.829. The fraction of sp³-hybridized carbons (Fsp3) is 0.600. The molecule has 2 aromatic heterocycles. The predicted molar refractivity (Wildman–Crippen MR) is 85.5 cm³/mol. The molecule has 6 heteroatoms. The van der Waals surface area contributed by atoms with Crippen molar-refractivity contribution in [1.29, 1.82) is 0 Å². The van der Waals surface area contributed by atoms with E-state index in [1.807, 2.05) is 30.2 Å². The van der Waals surface area contributed by atoms with Crippen molar-refractivity contribution in [2.45, 2.75) is 12.8 Å². The molecule has 1 fully saturated rings. The fourth-order valence-electron chi connectivity index (χ4n) is 3.00. The summed E-state index contributed by atoms with van der Waals surface area (Å²) >= 11 is 0. The highest BCUT2D eigenvalue weighted by Gasteiger charge is 2.18. The lowest BCUT2D eigenvalue weighted by Gasteiger charge is -2.22. The molecule has 21 heavy (non-hydrogen) atoms. The van der Waals surface area contributed by atoms with Crippen LogP contribution in [0, 0.1) is 0 Å². The molecule has 6 nitrogen and oxygen atoms in total. The van der Waals surface area contributed by atoms with Crippen LogP contribution in [-0.2, 0) is 7.05 Å². The molecule has 0 spiro atoms. The monoisotopic (exact) mass is 288 g/mol. The molecule has 3 heterocycles.